The molecule has 120 valence electrons. The molecule has 0 aromatic heterocycles. The second-order valence-corrected chi connectivity index (χ2v) is 5.46. The fraction of sp³-hybridized carbons (Fsp3) is 0.222. The Morgan fingerprint density at radius 3 is 2.13 bits per heavy atom. The lowest BCUT2D eigenvalue weighted by Crippen LogP contribution is -2.42. The van der Waals surface area contributed by atoms with Crippen molar-refractivity contribution in [3.05, 3.63) is 70.5 Å². The van der Waals surface area contributed by atoms with Crippen molar-refractivity contribution < 1.29 is 22.0 Å². The average molecular weight is 324 g/mol. The first-order valence-corrected chi connectivity index (χ1v) is 7.15. The van der Waals surface area contributed by atoms with Gasteiger partial charge in [0.05, 0.1) is 5.56 Å². The Bertz CT molecular complexity index is 772. The molecular weight excluding hydrogens is 311 g/mol. The number of hydrogen-bond acceptors (Lipinski definition) is 0. The molecule has 3 rings (SSSR count). The molecule has 0 bridgehead atoms. The van der Waals surface area contributed by atoms with E-state index in [0.717, 1.165) is 17.7 Å². The van der Waals surface area contributed by atoms with E-state index < -0.39 is 28.8 Å². The Balaban J connectivity index is 2.23. The maximum atomic E-state index is 14.4. The van der Waals surface area contributed by atoms with E-state index in [1.54, 1.807) is 12.1 Å². The molecule has 2 aromatic carbocycles. The molecule has 23 heavy (non-hydrogen) atoms. The highest BCUT2D eigenvalue weighted by atomic mass is 19.3. The Kier molecular flexibility index (Phi) is 3.54. The molecule has 0 spiro atoms. The van der Waals surface area contributed by atoms with Crippen molar-refractivity contribution in [1.29, 1.82) is 0 Å². The first-order chi connectivity index (χ1) is 10.8. The van der Waals surface area contributed by atoms with E-state index in [1.165, 1.54) is 24.3 Å². The Morgan fingerprint density at radius 2 is 1.52 bits per heavy atom. The van der Waals surface area contributed by atoms with Crippen LogP contribution in [0.4, 0.5) is 22.0 Å². The monoisotopic (exact) mass is 324 g/mol. The summed E-state index contributed by atoms with van der Waals surface area (Å²) in [5.74, 6) is -10.4. The van der Waals surface area contributed by atoms with Gasteiger partial charge >= 0.3 is 11.8 Å². The maximum absolute atomic E-state index is 14.4. The zero-order valence-electron chi connectivity index (χ0n) is 12.2. The van der Waals surface area contributed by atoms with Gasteiger partial charge in [0.15, 0.2) is 0 Å². The van der Waals surface area contributed by atoms with Crippen molar-refractivity contribution in [3.8, 4) is 0 Å². The van der Waals surface area contributed by atoms with Crippen LogP contribution in [0.1, 0.15) is 29.2 Å². The van der Waals surface area contributed by atoms with Crippen molar-refractivity contribution in [2.75, 3.05) is 0 Å². The fourth-order valence-electron chi connectivity index (χ4n) is 2.75. The number of fused-ring (bicyclic) bond motifs is 1. The third kappa shape index (κ3) is 2.26. The molecule has 0 saturated carbocycles. The second-order valence-electron chi connectivity index (χ2n) is 5.46. The first kappa shape index (κ1) is 15.7. The summed E-state index contributed by atoms with van der Waals surface area (Å²) in [6.45, 7) is 1.90. The zero-order valence-corrected chi connectivity index (χ0v) is 12.2. The van der Waals surface area contributed by atoms with Crippen LogP contribution >= 0.6 is 0 Å². The van der Waals surface area contributed by atoms with Crippen molar-refractivity contribution >= 4 is 11.6 Å². The van der Waals surface area contributed by atoms with E-state index in [9.17, 15) is 22.0 Å². The van der Waals surface area contributed by atoms with Crippen molar-refractivity contribution in [3.63, 3.8) is 0 Å². The SMILES string of the molecule is CCc1ccc(C2=Cc3cccc(F)c3C(F)(F)C2(F)F)cc1. The van der Waals surface area contributed by atoms with E-state index in [1.807, 2.05) is 6.92 Å². The predicted octanol–water partition coefficient (Wildman–Crippen LogP) is 5.67. The van der Waals surface area contributed by atoms with E-state index in [0.29, 0.717) is 6.42 Å². The van der Waals surface area contributed by atoms with E-state index >= 15 is 0 Å². The van der Waals surface area contributed by atoms with Crippen LogP contribution in [-0.4, -0.2) is 5.92 Å². The molecule has 0 aliphatic heterocycles. The molecule has 2 aromatic rings. The molecule has 1 aliphatic carbocycles. The van der Waals surface area contributed by atoms with Crippen LogP contribution in [0, 0.1) is 5.82 Å². The van der Waals surface area contributed by atoms with Crippen molar-refractivity contribution in [2.45, 2.75) is 25.2 Å². The molecule has 0 radical (unpaired) electrons. The highest BCUT2D eigenvalue weighted by Gasteiger charge is 2.63. The minimum absolute atomic E-state index is 0.00165. The Labute approximate surface area is 130 Å². The van der Waals surface area contributed by atoms with Crippen LogP contribution < -0.4 is 0 Å². The summed E-state index contributed by atoms with van der Waals surface area (Å²) in [6.07, 6.45) is 1.65. The maximum Gasteiger partial charge on any atom is 0.343 e. The van der Waals surface area contributed by atoms with Gasteiger partial charge in [-0.15, -0.1) is 0 Å². The van der Waals surface area contributed by atoms with Gasteiger partial charge in [-0.2, -0.15) is 17.6 Å². The van der Waals surface area contributed by atoms with Crippen LogP contribution in [0.25, 0.3) is 11.6 Å². The molecule has 0 fully saturated rings. The number of alkyl halides is 4. The summed E-state index contributed by atoms with van der Waals surface area (Å²) < 4.78 is 71.0. The van der Waals surface area contributed by atoms with E-state index in [-0.39, 0.29) is 11.1 Å². The van der Waals surface area contributed by atoms with Gasteiger partial charge in [-0.25, -0.2) is 4.39 Å². The van der Waals surface area contributed by atoms with E-state index in [4.69, 9.17) is 0 Å². The number of hydrogen-bond donors (Lipinski definition) is 0. The smallest absolute Gasteiger partial charge is 0.206 e. The lowest BCUT2D eigenvalue weighted by atomic mass is 9.82. The number of allylic oxidation sites excluding steroid dienone is 1. The van der Waals surface area contributed by atoms with Gasteiger partial charge in [0.2, 0.25) is 0 Å². The third-order valence-corrected chi connectivity index (χ3v) is 4.07. The third-order valence-electron chi connectivity index (χ3n) is 4.07. The number of aryl methyl sites for hydroxylation is 1. The first-order valence-electron chi connectivity index (χ1n) is 7.15. The van der Waals surface area contributed by atoms with Crippen LogP contribution in [0.5, 0.6) is 0 Å². The molecule has 0 N–H and O–H groups in total. The molecule has 1 aliphatic rings. The van der Waals surface area contributed by atoms with Gasteiger partial charge in [-0.3, -0.25) is 0 Å². The quantitative estimate of drug-likeness (QED) is 0.624. The summed E-state index contributed by atoms with van der Waals surface area (Å²) in [5.41, 5.74) is -1.37. The van der Waals surface area contributed by atoms with Gasteiger partial charge in [0, 0.05) is 5.57 Å². The van der Waals surface area contributed by atoms with Gasteiger partial charge in [0.1, 0.15) is 5.82 Å². The van der Waals surface area contributed by atoms with Gasteiger partial charge in [-0.1, -0.05) is 43.3 Å². The van der Waals surface area contributed by atoms with Gasteiger partial charge in [-0.05, 0) is 35.3 Å². The number of rotatable bonds is 2. The standard InChI is InChI=1S/C18H13F5/c1-2-11-6-8-12(9-7-11)14-10-13-4-3-5-15(19)16(13)18(22,23)17(14,20)21/h3-10H,2H2,1H3. The topological polar surface area (TPSA) is 0 Å². The largest absolute Gasteiger partial charge is 0.343 e. The lowest BCUT2D eigenvalue weighted by molar-refractivity contribution is -0.182. The van der Waals surface area contributed by atoms with Crippen LogP contribution in [0.15, 0.2) is 42.5 Å². The molecule has 5 heteroatoms. The van der Waals surface area contributed by atoms with Gasteiger partial charge < -0.3 is 0 Å². The van der Waals surface area contributed by atoms with E-state index in [2.05, 4.69) is 0 Å². The summed E-state index contributed by atoms with van der Waals surface area (Å²) in [6, 6.07) is 9.20. The number of halogens is 5. The lowest BCUT2D eigenvalue weighted by Gasteiger charge is -2.34. The average Bonchev–Trinajstić information content (AvgIpc) is 2.51. The summed E-state index contributed by atoms with van der Waals surface area (Å²) in [5, 5.41) is 0. The predicted molar refractivity (Wildman–Crippen MR) is 78.9 cm³/mol. The fourth-order valence-corrected chi connectivity index (χ4v) is 2.75. The highest BCUT2D eigenvalue weighted by Crippen LogP contribution is 2.55. The van der Waals surface area contributed by atoms with Crippen molar-refractivity contribution in [2.24, 2.45) is 0 Å². The van der Waals surface area contributed by atoms with Crippen molar-refractivity contribution in [1.82, 2.24) is 0 Å². The van der Waals surface area contributed by atoms with Crippen LogP contribution in [0.2, 0.25) is 0 Å². The molecule has 0 amide bonds. The summed E-state index contributed by atoms with van der Waals surface area (Å²) in [4.78, 5) is 0. The summed E-state index contributed by atoms with van der Waals surface area (Å²) >= 11 is 0. The molecular formula is C18H13F5. The van der Waals surface area contributed by atoms with Gasteiger partial charge in [0.25, 0.3) is 0 Å². The Morgan fingerprint density at radius 1 is 0.870 bits per heavy atom. The summed E-state index contributed by atoms with van der Waals surface area (Å²) in [7, 11) is 0. The second kappa shape index (κ2) is 5.18. The van der Waals surface area contributed by atoms with Crippen LogP contribution in [-0.2, 0) is 12.3 Å². The van der Waals surface area contributed by atoms with Crippen LogP contribution in [0.3, 0.4) is 0 Å². The molecule has 0 heterocycles. The zero-order chi connectivity index (χ0) is 16.8. The molecule has 0 nitrogen and oxygen atoms in total. The minimum Gasteiger partial charge on any atom is -0.206 e. The molecule has 0 saturated heterocycles. The minimum atomic E-state index is -4.61. The Hall–Kier alpha value is -2.17. The normalized spacial score (nSPS) is 18.3. The molecule has 0 atom stereocenters. The number of benzene rings is 2. The highest BCUT2D eigenvalue weighted by molar-refractivity contribution is 5.89. The molecule has 0 unspecified atom stereocenters.